The second-order valence-electron chi connectivity index (χ2n) is 4.60. The number of nitrogens with zero attached hydrogens (tertiary/aromatic N) is 1. The van der Waals surface area contributed by atoms with Gasteiger partial charge in [0.1, 0.15) is 0 Å². The third-order valence-corrected chi connectivity index (χ3v) is 3.47. The molecule has 0 unspecified atom stereocenters. The molecule has 1 saturated carbocycles. The van der Waals surface area contributed by atoms with Gasteiger partial charge in [0.05, 0.1) is 0 Å². The number of pyridine rings is 1. The first-order chi connectivity index (χ1) is 7.75. The van der Waals surface area contributed by atoms with Crippen LogP contribution in [-0.4, -0.2) is 16.1 Å². The molecule has 1 aliphatic rings. The Morgan fingerprint density at radius 1 is 1.38 bits per heavy atom. The quantitative estimate of drug-likeness (QED) is 0.850. The number of hydrogen-bond donors (Lipinski definition) is 1. The highest BCUT2D eigenvalue weighted by Crippen LogP contribution is 2.36. The molecule has 0 radical (unpaired) electrons. The molecule has 0 spiro atoms. The van der Waals surface area contributed by atoms with E-state index in [1.165, 1.54) is 5.56 Å². The highest BCUT2D eigenvalue weighted by atomic mass is 16.4. The number of carbonyl (C=O) groups is 1. The van der Waals surface area contributed by atoms with Crippen LogP contribution in [0.2, 0.25) is 0 Å². The zero-order chi connectivity index (χ0) is 11.4. The van der Waals surface area contributed by atoms with Crippen LogP contribution >= 0.6 is 0 Å². The van der Waals surface area contributed by atoms with Gasteiger partial charge in [0, 0.05) is 18.8 Å². The second-order valence-corrected chi connectivity index (χ2v) is 4.60. The summed E-state index contributed by atoms with van der Waals surface area (Å²) in [6.07, 6.45) is 8.33. The highest BCUT2D eigenvalue weighted by molar-refractivity contribution is 5.67. The molecule has 0 aliphatic heterocycles. The van der Waals surface area contributed by atoms with Crippen molar-refractivity contribution in [1.29, 1.82) is 0 Å². The third kappa shape index (κ3) is 2.81. The lowest BCUT2D eigenvalue weighted by Crippen LogP contribution is -2.16. The summed E-state index contributed by atoms with van der Waals surface area (Å²) in [5.74, 6) is 0.300. The van der Waals surface area contributed by atoms with Crippen LogP contribution in [0.1, 0.15) is 43.6 Å². The molecule has 3 nitrogen and oxygen atoms in total. The molecule has 0 amide bonds. The first-order valence-corrected chi connectivity index (χ1v) is 5.87. The lowest BCUT2D eigenvalue weighted by atomic mass is 9.78. The Kier molecular flexibility index (Phi) is 3.54. The Morgan fingerprint density at radius 3 is 2.69 bits per heavy atom. The summed E-state index contributed by atoms with van der Waals surface area (Å²) >= 11 is 0. The molecule has 3 heteroatoms. The van der Waals surface area contributed by atoms with Crippen molar-refractivity contribution in [2.45, 2.75) is 38.0 Å². The van der Waals surface area contributed by atoms with Gasteiger partial charge in [-0.2, -0.15) is 0 Å². The molecule has 1 aliphatic carbocycles. The molecule has 0 saturated heterocycles. The maximum absolute atomic E-state index is 10.6. The lowest BCUT2D eigenvalue weighted by Gasteiger charge is -2.27. The van der Waals surface area contributed by atoms with Crippen LogP contribution in [0.3, 0.4) is 0 Å². The molecular weight excluding hydrogens is 202 g/mol. The highest BCUT2D eigenvalue weighted by Gasteiger charge is 2.23. The Hall–Kier alpha value is -1.38. The summed E-state index contributed by atoms with van der Waals surface area (Å²) in [4.78, 5) is 14.7. The predicted molar refractivity (Wildman–Crippen MR) is 61.2 cm³/mol. The van der Waals surface area contributed by atoms with E-state index in [1.54, 1.807) is 6.20 Å². The molecule has 1 N–H and O–H groups in total. The van der Waals surface area contributed by atoms with E-state index in [-0.39, 0.29) is 0 Å². The maximum atomic E-state index is 10.6. The predicted octanol–water partition coefficient (Wildman–Crippen LogP) is 2.83. The van der Waals surface area contributed by atoms with Crippen molar-refractivity contribution in [1.82, 2.24) is 4.98 Å². The molecule has 86 valence electrons. The number of carboxylic acid groups (broad SMARTS) is 1. The van der Waals surface area contributed by atoms with Crippen molar-refractivity contribution in [3.8, 4) is 0 Å². The standard InChI is InChI=1S/C13H17NO2/c15-13(16)8-10-3-5-11(6-4-10)12-2-1-7-14-9-12/h1-2,7,9-11H,3-6,8H2,(H,15,16). The van der Waals surface area contributed by atoms with Gasteiger partial charge in [-0.1, -0.05) is 6.07 Å². The zero-order valence-corrected chi connectivity index (χ0v) is 9.30. The summed E-state index contributed by atoms with van der Waals surface area (Å²) in [6, 6.07) is 4.09. The van der Waals surface area contributed by atoms with Crippen molar-refractivity contribution in [2.24, 2.45) is 5.92 Å². The molecular formula is C13H17NO2. The Morgan fingerprint density at radius 2 is 2.12 bits per heavy atom. The van der Waals surface area contributed by atoms with Crippen LogP contribution in [0.5, 0.6) is 0 Å². The first kappa shape index (κ1) is 11.1. The molecule has 1 aromatic heterocycles. The summed E-state index contributed by atoms with van der Waals surface area (Å²) in [6.45, 7) is 0. The van der Waals surface area contributed by atoms with Crippen LogP contribution in [0.25, 0.3) is 0 Å². The van der Waals surface area contributed by atoms with Crippen LogP contribution in [0.4, 0.5) is 0 Å². The minimum Gasteiger partial charge on any atom is -0.481 e. The van der Waals surface area contributed by atoms with Gasteiger partial charge < -0.3 is 5.11 Å². The molecule has 2 rings (SSSR count). The fourth-order valence-electron chi connectivity index (χ4n) is 2.56. The van der Waals surface area contributed by atoms with E-state index in [0.29, 0.717) is 18.3 Å². The van der Waals surface area contributed by atoms with Gasteiger partial charge in [-0.05, 0) is 49.1 Å². The Labute approximate surface area is 95.5 Å². The molecule has 1 fully saturated rings. The van der Waals surface area contributed by atoms with E-state index < -0.39 is 5.97 Å². The topological polar surface area (TPSA) is 50.2 Å². The molecule has 0 bridgehead atoms. The van der Waals surface area contributed by atoms with Gasteiger partial charge in [0.2, 0.25) is 0 Å². The number of aromatic nitrogens is 1. The summed E-state index contributed by atoms with van der Waals surface area (Å²) < 4.78 is 0. The van der Waals surface area contributed by atoms with E-state index in [0.717, 1.165) is 25.7 Å². The van der Waals surface area contributed by atoms with E-state index in [1.807, 2.05) is 12.3 Å². The molecule has 1 heterocycles. The van der Waals surface area contributed by atoms with Gasteiger partial charge in [-0.25, -0.2) is 0 Å². The number of rotatable bonds is 3. The SMILES string of the molecule is O=C(O)CC1CCC(c2cccnc2)CC1. The Balaban J connectivity index is 1.88. The monoisotopic (exact) mass is 219 g/mol. The van der Waals surface area contributed by atoms with Gasteiger partial charge in [0.15, 0.2) is 0 Å². The maximum Gasteiger partial charge on any atom is 0.303 e. The van der Waals surface area contributed by atoms with Crippen LogP contribution in [0.15, 0.2) is 24.5 Å². The van der Waals surface area contributed by atoms with Crippen molar-refractivity contribution in [3.05, 3.63) is 30.1 Å². The number of hydrogen-bond acceptors (Lipinski definition) is 2. The van der Waals surface area contributed by atoms with Crippen molar-refractivity contribution in [3.63, 3.8) is 0 Å². The lowest BCUT2D eigenvalue weighted by molar-refractivity contribution is -0.138. The van der Waals surface area contributed by atoms with Gasteiger partial charge in [0.25, 0.3) is 0 Å². The fourth-order valence-corrected chi connectivity index (χ4v) is 2.56. The smallest absolute Gasteiger partial charge is 0.303 e. The Bertz CT molecular complexity index is 342. The average Bonchev–Trinajstić information content (AvgIpc) is 2.30. The number of aliphatic carboxylic acids is 1. The number of carboxylic acids is 1. The zero-order valence-electron chi connectivity index (χ0n) is 9.30. The van der Waals surface area contributed by atoms with Crippen LogP contribution in [-0.2, 0) is 4.79 Å². The first-order valence-electron chi connectivity index (χ1n) is 5.87. The van der Waals surface area contributed by atoms with Gasteiger partial charge in [-0.15, -0.1) is 0 Å². The van der Waals surface area contributed by atoms with Crippen LogP contribution in [0, 0.1) is 5.92 Å². The normalized spacial score (nSPS) is 25.2. The summed E-state index contributed by atoms with van der Waals surface area (Å²) in [7, 11) is 0. The molecule has 1 aromatic rings. The minimum absolute atomic E-state index is 0.333. The van der Waals surface area contributed by atoms with E-state index in [2.05, 4.69) is 11.1 Å². The van der Waals surface area contributed by atoms with Gasteiger partial charge in [-0.3, -0.25) is 9.78 Å². The average molecular weight is 219 g/mol. The van der Waals surface area contributed by atoms with Crippen LogP contribution < -0.4 is 0 Å². The summed E-state index contributed by atoms with van der Waals surface area (Å²) in [5, 5.41) is 8.74. The molecule has 0 aromatic carbocycles. The molecule has 0 atom stereocenters. The minimum atomic E-state index is -0.662. The van der Waals surface area contributed by atoms with E-state index in [9.17, 15) is 4.79 Å². The summed E-state index contributed by atoms with van der Waals surface area (Å²) in [5.41, 5.74) is 1.30. The van der Waals surface area contributed by atoms with Gasteiger partial charge >= 0.3 is 5.97 Å². The van der Waals surface area contributed by atoms with E-state index in [4.69, 9.17) is 5.11 Å². The largest absolute Gasteiger partial charge is 0.481 e. The fraction of sp³-hybridized carbons (Fsp3) is 0.538. The van der Waals surface area contributed by atoms with E-state index >= 15 is 0 Å². The molecule has 16 heavy (non-hydrogen) atoms. The van der Waals surface area contributed by atoms with Crippen molar-refractivity contribution in [2.75, 3.05) is 0 Å². The van der Waals surface area contributed by atoms with Crippen molar-refractivity contribution < 1.29 is 9.90 Å². The van der Waals surface area contributed by atoms with Crippen molar-refractivity contribution >= 4 is 5.97 Å². The third-order valence-electron chi connectivity index (χ3n) is 3.47. The second kappa shape index (κ2) is 5.10.